The van der Waals surface area contributed by atoms with Gasteiger partial charge in [0.1, 0.15) is 0 Å². The summed E-state index contributed by atoms with van der Waals surface area (Å²) in [4.78, 5) is 0. The van der Waals surface area contributed by atoms with E-state index >= 15 is 0 Å². The lowest BCUT2D eigenvalue weighted by Gasteiger charge is -2.50. The van der Waals surface area contributed by atoms with Gasteiger partial charge in [0.15, 0.2) is 0 Å². The van der Waals surface area contributed by atoms with Gasteiger partial charge in [-0.2, -0.15) is 0 Å². The molecule has 1 rings (SSSR count). The van der Waals surface area contributed by atoms with Gasteiger partial charge in [-0.15, -0.1) is 10.4 Å². The molecule has 48 valence electrons. The van der Waals surface area contributed by atoms with Crippen LogP contribution in [0.2, 0.25) is 0 Å². The molecule has 0 spiro atoms. The summed E-state index contributed by atoms with van der Waals surface area (Å²) in [5.74, 6) is 1.13. The van der Waals surface area contributed by atoms with Crippen molar-refractivity contribution in [2.75, 3.05) is 19.3 Å². The zero-order chi connectivity index (χ0) is 6.20. The van der Waals surface area contributed by atoms with Crippen molar-refractivity contribution in [2.45, 2.75) is 0 Å². The molecule has 0 amide bonds. The summed E-state index contributed by atoms with van der Waals surface area (Å²) < 4.78 is 2.17. The molecule has 0 aromatic heterocycles. The average molecular weight is 132 g/mol. The maximum atomic E-state index is 5.84. The molecule has 3 heteroatoms. The number of hydrogen-bond donors (Lipinski definition) is 1. The van der Waals surface area contributed by atoms with E-state index < -0.39 is 10.4 Å². The van der Waals surface area contributed by atoms with Crippen molar-refractivity contribution < 1.29 is 0 Å². The molecule has 0 aromatic carbocycles. The van der Waals surface area contributed by atoms with Gasteiger partial charge in [-0.1, -0.05) is 6.58 Å². The lowest BCUT2D eigenvalue weighted by Crippen LogP contribution is -2.44. The van der Waals surface area contributed by atoms with Crippen molar-refractivity contribution in [1.29, 1.82) is 0 Å². The van der Waals surface area contributed by atoms with Crippen molar-refractivity contribution in [3.63, 3.8) is 0 Å². The predicted octanol–water partition coefficient (Wildman–Crippen LogP) is 0.669. The smallest absolute Gasteiger partial charge is 0.0188 e. The first-order valence-electron chi connectivity index (χ1n) is 2.61. The van der Waals surface area contributed by atoms with Crippen molar-refractivity contribution in [3.05, 3.63) is 12.0 Å². The van der Waals surface area contributed by atoms with Crippen LogP contribution in [0.3, 0.4) is 0 Å². The molecular formula is C5H12N2S. The second-order valence-corrected chi connectivity index (χ2v) is 5.02. The third-order valence-electron chi connectivity index (χ3n) is 1.60. The van der Waals surface area contributed by atoms with Crippen molar-refractivity contribution in [1.82, 2.24) is 4.31 Å². The van der Waals surface area contributed by atoms with Gasteiger partial charge in [0, 0.05) is 12.3 Å². The standard InChI is InChI=1S/C5H12N2S/c1-3-8(6)5-4-7(8)2/h3H,1,4-6H2,2H3. The summed E-state index contributed by atoms with van der Waals surface area (Å²) in [6.45, 7) is 4.81. The molecule has 0 radical (unpaired) electrons. The summed E-state index contributed by atoms with van der Waals surface area (Å²) in [5, 5.41) is 7.72. The molecule has 1 unspecified atom stereocenters. The fraction of sp³-hybridized carbons (Fsp3) is 0.600. The van der Waals surface area contributed by atoms with Crippen LogP contribution in [0.4, 0.5) is 0 Å². The molecule has 2 nitrogen and oxygen atoms in total. The van der Waals surface area contributed by atoms with Crippen LogP contribution in [0, 0.1) is 0 Å². The fourth-order valence-corrected chi connectivity index (χ4v) is 2.09. The normalized spacial score (nSPS) is 46.8. The molecule has 1 aliphatic heterocycles. The van der Waals surface area contributed by atoms with E-state index in [4.69, 9.17) is 5.14 Å². The minimum atomic E-state index is -0.958. The Morgan fingerprint density at radius 2 is 2.50 bits per heavy atom. The molecule has 1 aliphatic rings. The predicted molar refractivity (Wildman–Crippen MR) is 39.5 cm³/mol. The van der Waals surface area contributed by atoms with Crippen LogP contribution in [-0.2, 0) is 0 Å². The number of hydrogen-bond acceptors (Lipinski definition) is 2. The van der Waals surface area contributed by atoms with Crippen molar-refractivity contribution >= 4 is 10.4 Å². The second-order valence-electron chi connectivity index (χ2n) is 2.03. The Morgan fingerprint density at radius 3 is 2.50 bits per heavy atom. The van der Waals surface area contributed by atoms with E-state index in [-0.39, 0.29) is 0 Å². The first-order valence-corrected chi connectivity index (χ1v) is 4.50. The lowest BCUT2D eigenvalue weighted by atomic mass is 10.7. The molecule has 1 fully saturated rings. The quantitative estimate of drug-likeness (QED) is 0.568. The van der Waals surface area contributed by atoms with E-state index in [1.54, 1.807) is 0 Å². The SMILES string of the molecule is C=CS1(N)CCN1C. The Kier molecular flexibility index (Phi) is 1.35. The molecular weight excluding hydrogens is 120 g/mol. The first kappa shape index (κ1) is 6.13. The Labute approximate surface area is 51.9 Å². The van der Waals surface area contributed by atoms with Gasteiger partial charge in [0.2, 0.25) is 0 Å². The molecule has 2 N–H and O–H groups in total. The zero-order valence-corrected chi connectivity index (χ0v) is 5.95. The van der Waals surface area contributed by atoms with Crippen LogP contribution in [0.5, 0.6) is 0 Å². The van der Waals surface area contributed by atoms with Gasteiger partial charge in [-0.25, -0.2) is 0 Å². The largest absolute Gasteiger partial charge is 0.280 e. The third-order valence-corrected chi connectivity index (χ3v) is 4.36. The minimum absolute atomic E-state index is 0.958. The Bertz CT molecular complexity index is 115. The molecule has 0 aromatic rings. The lowest BCUT2D eigenvalue weighted by molar-refractivity contribution is 0.538. The summed E-state index contributed by atoms with van der Waals surface area (Å²) in [6, 6.07) is 0. The van der Waals surface area contributed by atoms with E-state index in [1.165, 1.54) is 0 Å². The Balaban J connectivity index is 2.54. The molecule has 8 heavy (non-hydrogen) atoms. The minimum Gasteiger partial charge on any atom is -0.280 e. The van der Waals surface area contributed by atoms with Gasteiger partial charge >= 0.3 is 0 Å². The number of rotatable bonds is 1. The highest BCUT2D eigenvalue weighted by Crippen LogP contribution is 2.50. The van der Waals surface area contributed by atoms with E-state index in [2.05, 4.69) is 10.9 Å². The molecule has 1 saturated heterocycles. The second kappa shape index (κ2) is 1.76. The summed E-state index contributed by atoms with van der Waals surface area (Å²) in [7, 11) is 1.08. The van der Waals surface area contributed by atoms with E-state index in [9.17, 15) is 0 Å². The van der Waals surface area contributed by atoms with Crippen LogP contribution < -0.4 is 5.14 Å². The molecule has 1 heterocycles. The van der Waals surface area contributed by atoms with E-state index in [0.717, 1.165) is 12.3 Å². The highest BCUT2D eigenvalue weighted by molar-refractivity contribution is 8.33. The molecule has 1 atom stereocenters. The summed E-state index contributed by atoms with van der Waals surface area (Å²) in [5.41, 5.74) is 0. The topological polar surface area (TPSA) is 29.3 Å². The highest BCUT2D eigenvalue weighted by Gasteiger charge is 2.29. The Hall–Kier alpha value is 0.01000. The van der Waals surface area contributed by atoms with Crippen LogP contribution in [0.25, 0.3) is 0 Å². The average Bonchev–Trinajstić information content (AvgIpc) is 1.83. The fourth-order valence-electron chi connectivity index (χ4n) is 0.695. The van der Waals surface area contributed by atoms with E-state index in [0.29, 0.717) is 0 Å². The zero-order valence-electron chi connectivity index (χ0n) is 5.13. The molecule has 0 aliphatic carbocycles. The monoisotopic (exact) mass is 132 g/mol. The number of nitrogens with zero attached hydrogens (tertiary/aromatic N) is 1. The van der Waals surface area contributed by atoms with Gasteiger partial charge < -0.3 is 0 Å². The first-order chi connectivity index (χ1) is 3.69. The van der Waals surface area contributed by atoms with Crippen LogP contribution in [0.15, 0.2) is 12.0 Å². The van der Waals surface area contributed by atoms with E-state index in [1.807, 2.05) is 12.5 Å². The molecule has 0 bridgehead atoms. The van der Waals surface area contributed by atoms with Crippen LogP contribution in [0.1, 0.15) is 0 Å². The summed E-state index contributed by atoms with van der Waals surface area (Å²) in [6.07, 6.45) is 0. The van der Waals surface area contributed by atoms with Crippen LogP contribution >= 0.6 is 10.4 Å². The van der Waals surface area contributed by atoms with Gasteiger partial charge in [-0.3, -0.25) is 9.44 Å². The van der Waals surface area contributed by atoms with Crippen LogP contribution in [-0.4, -0.2) is 23.7 Å². The maximum absolute atomic E-state index is 5.84. The van der Waals surface area contributed by atoms with Gasteiger partial charge in [0.05, 0.1) is 0 Å². The third kappa shape index (κ3) is 0.670. The molecule has 0 saturated carbocycles. The number of nitrogens with two attached hydrogens (primary N) is 1. The van der Waals surface area contributed by atoms with Gasteiger partial charge in [-0.05, 0) is 12.5 Å². The van der Waals surface area contributed by atoms with Crippen molar-refractivity contribution in [3.8, 4) is 0 Å². The van der Waals surface area contributed by atoms with Crippen molar-refractivity contribution in [2.24, 2.45) is 5.14 Å². The van der Waals surface area contributed by atoms with Gasteiger partial charge in [0.25, 0.3) is 0 Å². The maximum Gasteiger partial charge on any atom is 0.0188 e. The Morgan fingerprint density at radius 1 is 1.88 bits per heavy atom. The summed E-state index contributed by atoms with van der Waals surface area (Å²) >= 11 is 0. The highest BCUT2D eigenvalue weighted by atomic mass is 32.3.